The number of nitrogens with one attached hydrogen (secondary N) is 1. The molecule has 1 aliphatic heterocycles. The van der Waals surface area contributed by atoms with Crippen LogP contribution >= 0.6 is 11.3 Å². The Bertz CT molecular complexity index is 1330. The van der Waals surface area contributed by atoms with Crippen molar-refractivity contribution in [3.63, 3.8) is 0 Å². The standard InChI is InChI=1S/C28H26N2O5S/c1-35-19-10-8-17(9-11-19)18-15-21-27(23(31)16-18)28(24-7-4-14-36-24)30(25(32)12-13-26(33)34)22-6-3-2-5-20(22)29-21/h2-11,14,18,28-29H,12-13,15-16H2,1H3,(H,33,34). The molecule has 2 aliphatic rings. The van der Waals surface area contributed by atoms with E-state index < -0.39 is 12.0 Å². The number of carbonyl (C=O) groups excluding carboxylic acids is 2. The Kier molecular flexibility index (Phi) is 6.61. The summed E-state index contributed by atoms with van der Waals surface area (Å²) in [5.41, 5.74) is 3.77. The van der Waals surface area contributed by atoms with Crippen LogP contribution in [0.1, 0.15) is 48.1 Å². The summed E-state index contributed by atoms with van der Waals surface area (Å²) >= 11 is 1.48. The molecule has 36 heavy (non-hydrogen) atoms. The van der Waals surface area contributed by atoms with Gasteiger partial charge in [0.15, 0.2) is 5.78 Å². The Morgan fingerprint density at radius 2 is 1.83 bits per heavy atom. The second-order valence-electron chi connectivity index (χ2n) is 8.91. The number of amides is 1. The first-order valence-electron chi connectivity index (χ1n) is 11.8. The van der Waals surface area contributed by atoms with Crippen LogP contribution in [0.3, 0.4) is 0 Å². The zero-order valence-electron chi connectivity index (χ0n) is 19.8. The predicted molar refractivity (Wildman–Crippen MR) is 138 cm³/mol. The summed E-state index contributed by atoms with van der Waals surface area (Å²) in [5.74, 6) is -0.639. The average Bonchev–Trinajstić information content (AvgIpc) is 3.36. The highest BCUT2D eigenvalue weighted by molar-refractivity contribution is 7.10. The Hall–Kier alpha value is -3.91. The van der Waals surface area contributed by atoms with E-state index in [0.29, 0.717) is 24.1 Å². The average molecular weight is 503 g/mol. The number of hydrogen-bond acceptors (Lipinski definition) is 6. The molecule has 0 spiro atoms. The van der Waals surface area contributed by atoms with Gasteiger partial charge in [-0.1, -0.05) is 30.3 Å². The highest BCUT2D eigenvalue weighted by atomic mass is 32.1. The van der Waals surface area contributed by atoms with Crippen molar-refractivity contribution in [1.29, 1.82) is 0 Å². The topological polar surface area (TPSA) is 95.9 Å². The first-order valence-corrected chi connectivity index (χ1v) is 12.7. The summed E-state index contributed by atoms with van der Waals surface area (Å²) in [5, 5.41) is 14.6. The first kappa shape index (κ1) is 23.8. The zero-order valence-corrected chi connectivity index (χ0v) is 20.6. The number of ether oxygens (including phenoxy) is 1. The van der Waals surface area contributed by atoms with E-state index in [-0.39, 0.29) is 30.4 Å². The van der Waals surface area contributed by atoms with Gasteiger partial charge < -0.3 is 15.2 Å². The van der Waals surface area contributed by atoms with Crippen molar-refractivity contribution in [3.8, 4) is 5.75 Å². The van der Waals surface area contributed by atoms with Crippen molar-refractivity contribution >= 4 is 40.4 Å². The summed E-state index contributed by atoms with van der Waals surface area (Å²) in [7, 11) is 1.62. The second-order valence-corrected chi connectivity index (χ2v) is 9.89. The molecule has 5 rings (SSSR count). The lowest BCUT2D eigenvalue weighted by molar-refractivity contribution is -0.138. The van der Waals surface area contributed by atoms with Crippen LogP contribution in [0.15, 0.2) is 77.3 Å². The van der Waals surface area contributed by atoms with Crippen molar-refractivity contribution in [1.82, 2.24) is 0 Å². The number of hydrogen-bond donors (Lipinski definition) is 2. The van der Waals surface area contributed by atoms with Gasteiger partial charge in [-0.15, -0.1) is 11.3 Å². The van der Waals surface area contributed by atoms with E-state index in [0.717, 1.165) is 27.6 Å². The molecule has 7 nitrogen and oxygen atoms in total. The Balaban J connectivity index is 1.62. The molecule has 0 bridgehead atoms. The van der Waals surface area contributed by atoms with Gasteiger partial charge in [0.05, 0.1) is 24.9 Å². The lowest BCUT2D eigenvalue weighted by Gasteiger charge is -2.34. The minimum Gasteiger partial charge on any atom is -0.497 e. The maximum absolute atomic E-state index is 13.8. The largest absolute Gasteiger partial charge is 0.497 e. The predicted octanol–water partition coefficient (Wildman–Crippen LogP) is 5.52. The number of methoxy groups -OCH3 is 1. The minimum atomic E-state index is -1.03. The molecule has 3 aromatic rings. The molecular formula is C28H26N2O5S. The Labute approximate surface area is 213 Å². The van der Waals surface area contributed by atoms with Crippen molar-refractivity contribution in [2.45, 2.75) is 37.6 Å². The number of aliphatic carboxylic acids is 1. The van der Waals surface area contributed by atoms with Gasteiger partial charge in [0.1, 0.15) is 11.8 Å². The molecule has 0 radical (unpaired) electrons. The van der Waals surface area contributed by atoms with E-state index in [1.54, 1.807) is 12.0 Å². The Morgan fingerprint density at radius 1 is 1.06 bits per heavy atom. The van der Waals surface area contributed by atoms with Crippen LogP contribution in [-0.4, -0.2) is 29.9 Å². The molecule has 0 saturated heterocycles. The van der Waals surface area contributed by atoms with Gasteiger partial charge >= 0.3 is 5.97 Å². The van der Waals surface area contributed by atoms with Gasteiger partial charge in [0.25, 0.3) is 0 Å². The maximum Gasteiger partial charge on any atom is 0.303 e. The molecule has 8 heteroatoms. The number of para-hydroxylation sites is 2. The van der Waals surface area contributed by atoms with Crippen molar-refractivity contribution < 1.29 is 24.2 Å². The Morgan fingerprint density at radius 3 is 2.53 bits per heavy atom. The molecular weight excluding hydrogens is 476 g/mol. The van der Waals surface area contributed by atoms with E-state index in [4.69, 9.17) is 4.74 Å². The lowest BCUT2D eigenvalue weighted by Crippen LogP contribution is -2.38. The van der Waals surface area contributed by atoms with E-state index in [2.05, 4.69) is 5.32 Å². The number of allylic oxidation sites excluding steroid dienone is 1. The SMILES string of the molecule is COc1ccc(C2CC(=O)C3=C(C2)Nc2ccccc2N(C(=O)CCC(=O)O)C3c2cccs2)cc1. The molecule has 0 fully saturated rings. The molecule has 1 aromatic heterocycles. The fourth-order valence-corrected chi connectivity index (χ4v) is 5.85. The van der Waals surface area contributed by atoms with Crippen molar-refractivity contribution in [2.75, 3.05) is 17.3 Å². The maximum atomic E-state index is 13.8. The molecule has 2 aromatic carbocycles. The summed E-state index contributed by atoms with van der Waals surface area (Å²) in [6, 6.07) is 18.4. The molecule has 1 aliphatic carbocycles. The molecule has 2 N–H and O–H groups in total. The normalized spacial score (nSPS) is 19.1. The highest BCUT2D eigenvalue weighted by Gasteiger charge is 2.41. The van der Waals surface area contributed by atoms with E-state index >= 15 is 0 Å². The quantitative estimate of drug-likeness (QED) is 0.461. The van der Waals surface area contributed by atoms with Crippen LogP contribution in [0.2, 0.25) is 0 Å². The van der Waals surface area contributed by atoms with Gasteiger partial charge in [-0.05, 0) is 53.6 Å². The van der Waals surface area contributed by atoms with Crippen LogP contribution in [0.25, 0.3) is 0 Å². The van der Waals surface area contributed by atoms with Crippen molar-refractivity contribution in [3.05, 3.63) is 87.8 Å². The smallest absolute Gasteiger partial charge is 0.303 e. The summed E-state index contributed by atoms with van der Waals surface area (Å²) in [6.45, 7) is 0. The van der Waals surface area contributed by atoms with E-state index in [9.17, 15) is 19.5 Å². The fraction of sp³-hybridized carbons (Fsp3) is 0.250. The van der Waals surface area contributed by atoms with Gasteiger partial charge in [-0.25, -0.2) is 0 Å². The third-order valence-electron chi connectivity index (χ3n) is 6.71. The molecule has 1 amide bonds. The molecule has 2 unspecified atom stereocenters. The van der Waals surface area contributed by atoms with Crippen LogP contribution in [0.4, 0.5) is 11.4 Å². The van der Waals surface area contributed by atoms with Gasteiger partial charge in [0, 0.05) is 29.0 Å². The zero-order chi connectivity index (χ0) is 25.2. The number of rotatable bonds is 6. The number of benzene rings is 2. The number of ketones is 1. The number of Topliss-reactive ketones (excluding diaryl/α,β-unsaturated/α-hetero) is 1. The van der Waals surface area contributed by atoms with Crippen LogP contribution in [0, 0.1) is 0 Å². The number of carboxylic acid groups (broad SMARTS) is 1. The molecule has 2 heterocycles. The number of thiophene rings is 1. The number of fused-ring (bicyclic) bond motifs is 1. The third-order valence-corrected chi connectivity index (χ3v) is 7.63. The first-order chi connectivity index (χ1) is 17.5. The summed E-state index contributed by atoms with van der Waals surface area (Å²) in [6.07, 6.45) is 0.501. The van der Waals surface area contributed by atoms with Gasteiger partial charge in [0.2, 0.25) is 5.91 Å². The molecule has 184 valence electrons. The molecule has 0 saturated carbocycles. The highest BCUT2D eigenvalue weighted by Crippen LogP contribution is 2.48. The van der Waals surface area contributed by atoms with Gasteiger partial charge in [-0.2, -0.15) is 0 Å². The third kappa shape index (κ3) is 4.52. The number of carboxylic acids is 1. The van der Waals surface area contributed by atoms with Crippen LogP contribution in [-0.2, 0) is 14.4 Å². The minimum absolute atomic E-state index is 0.0138. The fourth-order valence-electron chi connectivity index (χ4n) is 5.03. The number of carbonyl (C=O) groups is 3. The second kappa shape index (κ2) is 9.99. The lowest BCUT2D eigenvalue weighted by atomic mass is 9.79. The molecule has 2 atom stereocenters. The van der Waals surface area contributed by atoms with Crippen LogP contribution in [0.5, 0.6) is 5.75 Å². The van der Waals surface area contributed by atoms with Crippen molar-refractivity contribution in [2.24, 2.45) is 0 Å². The summed E-state index contributed by atoms with van der Waals surface area (Å²) in [4.78, 5) is 41.1. The summed E-state index contributed by atoms with van der Waals surface area (Å²) < 4.78 is 5.28. The monoisotopic (exact) mass is 502 g/mol. The van der Waals surface area contributed by atoms with E-state index in [1.807, 2.05) is 66.0 Å². The van der Waals surface area contributed by atoms with Gasteiger partial charge in [-0.3, -0.25) is 19.3 Å². The number of nitrogens with zero attached hydrogens (tertiary/aromatic N) is 1. The van der Waals surface area contributed by atoms with Crippen LogP contribution < -0.4 is 15.0 Å². The van der Waals surface area contributed by atoms with E-state index in [1.165, 1.54) is 11.3 Å². The number of anilines is 2.